The van der Waals surface area contributed by atoms with Crippen molar-refractivity contribution in [3.05, 3.63) is 0 Å². The van der Waals surface area contributed by atoms with Crippen LogP contribution in [0.1, 0.15) is 13.3 Å². The zero-order valence-corrected chi connectivity index (χ0v) is 6.35. The average molecular weight is 128 g/mol. The Morgan fingerprint density at radius 2 is 2.22 bits per heavy atom. The average Bonchev–Trinajstić information content (AvgIpc) is 1.97. The van der Waals surface area contributed by atoms with E-state index < -0.39 is 0 Å². The second kappa shape index (κ2) is 3.18. The second-order valence-corrected chi connectivity index (χ2v) is 2.95. The lowest BCUT2D eigenvalue weighted by Crippen LogP contribution is -2.27. The molecule has 1 rings (SSSR count). The fraction of sp³-hybridized carbons (Fsp3) is 1.00. The maximum atomic E-state index is 3.43. The molecule has 1 unspecified atom stereocenters. The summed E-state index contributed by atoms with van der Waals surface area (Å²) >= 11 is 0. The molecule has 1 atom stereocenters. The van der Waals surface area contributed by atoms with Gasteiger partial charge in [0.1, 0.15) is 0 Å². The topological polar surface area (TPSA) is 15.3 Å². The van der Waals surface area contributed by atoms with Crippen molar-refractivity contribution in [2.24, 2.45) is 0 Å². The van der Waals surface area contributed by atoms with Gasteiger partial charge in [0.25, 0.3) is 0 Å². The first kappa shape index (κ1) is 7.03. The summed E-state index contributed by atoms with van der Waals surface area (Å²) in [5, 5.41) is 3.43. The maximum absolute atomic E-state index is 3.43. The van der Waals surface area contributed by atoms with E-state index in [4.69, 9.17) is 0 Å². The van der Waals surface area contributed by atoms with Crippen molar-refractivity contribution in [2.45, 2.75) is 19.4 Å². The molecule has 9 heavy (non-hydrogen) atoms. The molecule has 0 aliphatic carbocycles. The minimum Gasteiger partial charge on any atom is -0.313 e. The van der Waals surface area contributed by atoms with Gasteiger partial charge < -0.3 is 10.2 Å². The highest BCUT2D eigenvalue weighted by Gasteiger charge is 2.07. The van der Waals surface area contributed by atoms with Crippen LogP contribution in [-0.2, 0) is 0 Å². The van der Waals surface area contributed by atoms with E-state index >= 15 is 0 Å². The van der Waals surface area contributed by atoms with Crippen LogP contribution in [0.25, 0.3) is 0 Å². The lowest BCUT2D eigenvalue weighted by molar-refractivity contribution is 0.356. The smallest absolute Gasteiger partial charge is 0.0104 e. The predicted octanol–water partition coefficient (Wildman–Crippen LogP) is 0.300. The number of rotatable bonds is 0. The van der Waals surface area contributed by atoms with Crippen molar-refractivity contribution in [1.29, 1.82) is 0 Å². The molecule has 1 heterocycles. The summed E-state index contributed by atoms with van der Waals surface area (Å²) in [5.41, 5.74) is 0. The normalized spacial score (nSPS) is 32.0. The summed E-state index contributed by atoms with van der Waals surface area (Å²) in [5.74, 6) is 0. The van der Waals surface area contributed by atoms with E-state index in [1.54, 1.807) is 0 Å². The van der Waals surface area contributed by atoms with Gasteiger partial charge in [-0.05, 0) is 26.9 Å². The number of hydrogen-bond acceptors (Lipinski definition) is 2. The number of nitrogens with zero attached hydrogens (tertiary/aromatic N) is 1. The van der Waals surface area contributed by atoms with Crippen LogP contribution >= 0.6 is 0 Å². The lowest BCUT2D eigenvalue weighted by atomic mass is 10.2. The third kappa shape index (κ3) is 2.33. The van der Waals surface area contributed by atoms with Crippen molar-refractivity contribution < 1.29 is 0 Å². The first-order valence-corrected chi connectivity index (χ1v) is 3.71. The van der Waals surface area contributed by atoms with Gasteiger partial charge in [-0.15, -0.1) is 0 Å². The molecule has 1 N–H and O–H groups in total. The van der Waals surface area contributed by atoms with Crippen molar-refractivity contribution in [3.63, 3.8) is 0 Å². The van der Waals surface area contributed by atoms with Crippen LogP contribution in [0.5, 0.6) is 0 Å². The Morgan fingerprint density at radius 1 is 1.44 bits per heavy atom. The van der Waals surface area contributed by atoms with Gasteiger partial charge in [-0.2, -0.15) is 0 Å². The minimum absolute atomic E-state index is 0.718. The Bertz CT molecular complexity index is 73.0. The molecule has 0 saturated carbocycles. The molecule has 0 radical (unpaired) electrons. The molecule has 0 aromatic rings. The Hall–Kier alpha value is -0.0800. The van der Waals surface area contributed by atoms with Crippen LogP contribution in [0.2, 0.25) is 0 Å². The third-order valence-electron chi connectivity index (χ3n) is 1.93. The first-order valence-electron chi connectivity index (χ1n) is 3.71. The second-order valence-electron chi connectivity index (χ2n) is 2.95. The van der Waals surface area contributed by atoms with E-state index in [0.717, 1.165) is 12.6 Å². The van der Waals surface area contributed by atoms with E-state index in [9.17, 15) is 0 Å². The number of hydrogen-bond donors (Lipinski definition) is 1. The van der Waals surface area contributed by atoms with E-state index in [1.165, 1.54) is 19.5 Å². The Balaban J connectivity index is 2.25. The SMILES string of the molecule is CC1CCN(C)CCN1. The molecule has 0 aromatic heterocycles. The van der Waals surface area contributed by atoms with E-state index in [-0.39, 0.29) is 0 Å². The molecule has 0 bridgehead atoms. The van der Waals surface area contributed by atoms with Crippen LogP contribution < -0.4 is 5.32 Å². The van der Waals surface area contributed by atoms with E-state index in [0.29, 0.717) is 0 Å². The maximum Gasteiger partial charge on any atom is 0.0104 e. The van der Waals surface area contributed by atoms with Crippen LogP contribution in [-0.4, -0.2) is 37.6 Å². The highest BCUT2D eigenvalue weighted by Crippen LogP contribution is 1.96. The fourth-order valence-electron chi connectivity index (χ4n) is 1.13. The summed E-state index contributed by atoms with van der Waals surface area (Å²) in [7, 11) is 2.18. The largest absolute Gasteiger partial charge is 0.313 e. The molecule has 0 amide bonds. The summed E-state index contributed by atoms with van der Waals surface area (Å²) in [4.78, 5) is 2.37. The van der Waals surface area contributed by atoms with E-state index in [2.05, 4.69) is 24.2 Å². The molecule has 2 nitrogen and oxygen atoms in total. The molecular weight excluding hydrogens is 112 g/mol. The quantitative estimate of drug-likeness (QED) is 0.505. The lowest BCUT2D eigenvalue weighted by Gasteiger charge is -2.10. The summed E-state index contributed by atoms with van der Waals surface area (Å²) in [6, 6.07) is 0.718. The molecule has 54 valence electrons. The molecule has 2 heteroatoms. The zero-order chi connectivity index (χ0) is 6.69. The van der Waals surface area contributed by atoms with Gasteiger partial charge in [-0.3, -0.25) is 0 Å². The van der Waals surface area contributed by atoms with Crippen molar-refractivity contribution in [3.8, 4) is 0 Å². The minimum atomic E-state index is 0.718. The van der Waals surface area contributed by atoms with E-state index in [1.807, 2.05) is 0 Å². The zero-order valence-electron chi connectivity index (χ0n) is 6.35. The third-order valence-corrected chi connectivity index (χ3v) is 1.93. The van der Waals surface area contributed by atoms with Gasteiger partial charge in [0.05, 0.1) is 0 Å². The van der Waals surface area contributed by atoms with Crippen LogP contribution in [0, 0.1) is 0 Å². The summed E-state index contributed by atoms with van der Waals surface area (Å²) in [6.07, 6.45) is 1.29. The predicted molar refractivity (Wildman–Crippen MR) is 39.6 cm³/mol. The van der Waals surface area contributed by atoms with Gasteiger partial charge in [0.15, 0.2) is 0 Å². The highest BCUT2D eigenvalue weighted by molar-refractivity contribution is 4.68. The van der Waals surface area contributed by atoms with Gasteiger partial charge in [-0.1, -0.05) is 0 Å². The van der Waals surface area contributed by atoms with Crippen LogP contribution in [0.3, 0.4) is 0 Å². The first-order chi connectivity index (χ1) is 4.29. The Kier molecular flexibility index (Phi) is 2.49. The molecule has 1 aliphatic heterocycles. The van der Waals surface area contributed by atoms with Gasteiger partial charge in [0, 0.05) is 19.1 Å². The van der Waals surface area contributed by atoms with Gasteiger partial charge in [-0.25, -0.2) is 0 Å². The molecule has 0 spiro atoms. The standard InChI is InChI=1S/C7H16N2/c1-7-3-5-9(2)6-4-8-7/h7-8H,3-6H2,1-2H3. The fourth-order valence-corrected chi connectivity index (χ4v) is 1.13. The summed E-state index contributed by atoms with van der Waals surface area (Å²) < 4.78 is 0. The monoisotopic (exact) mass is 128 g/mol. The van der Waals surface area contributed by atoms with Crippen molar-refractivity contribution in [1.82, 2.24) is 10.2 Å². The Morgan fingerprint density at radius 3 is 3.00 bits per heavy atom. The van der Waals surface area contributed by atoms with Crippen molar-refractivity contribution in [2.75, 3.05) is 26.7 Å². The Labute approximate surface area is 57.2 Å². The molecular formula is C7H16N2. The molecule has 1 aliphatic rings. The van der Waals surface area contributed by atoms with Gasteiger partial charge in [0.2, 0.25) is 0 Å². The van der Waals surface area contributed by atoms with Crippen molar-refractivity contribution >= 4 is 0 Å². The van der Waals surface area contributed by atoms with Crippen LogP contribution in [0.4, 0.5) is 0 Å². The van der Waals surface area contributed by atoms with Crippen LogP contribution in [0.15, 0.2) is 0 Å². The molecule has 1 saturated heterocycles. The number of nitrogens with one attached hydrogen (secondary N) is 1. The molecule has 0 aromatic carbocycles. The highest BCUT2D eigenvalue weighted by atomic mass is 15.1. The van der Waals surface area contributed by atoms with Gasteiger partial charge >= 0.3 is 0 Å². The number of likely N-dealkylation sites (N-methyl/N-ethyl adjacent to an activating group) is 1. The molecule has 1 fully saturated rings. The summed E-state index contributed by atoms with van der Waals surface area (Å²) in [6.45, 7) is 5.84.